The number of halogens is 1. The predicted molar refractivity (Wildman–Crippen MR) is 97.7 cm³/mol. The summed E-state index contributed by atoms with van der Waals surface area (Å²) in [5, 5.41) is 3.20. The molecule has 0 unspecified atom stereocenters. The summed E-state index contributed by atoms with van der Waals surface area (Å²) in [5.41, 5.74) is 1.05. The Morgan fingerprint density at radius 2 is 1.28 bits per heavy atom. The summed E-state index contributed by atoms with van der Waals surface area (Å²) in [7, 11) is -3.62. The molecule has 1 N–H and O–H groups in total. The molecule has 0 saturated carbocycles. The van der Waals surface area contributed by atoms with Crippen LogP contribution in [0.4, 0.5) is 5.69 Å². The van der Waals surface area contributed by atoms with Gasteiger partial charge in [0, 0.05) is 16.3 Å². The Labute approximate surface area is 151 Å². The molecule has 3 aromatic rings. The molecular formula is C19H14ClNO3S. The summed E-state index contributed by atoms with van der Waals surface area (Å²) in [5.74, 6) is -0.256. The Morgan fingerprint density at radius 1 is 0.760 bits per heavy atom. The highest BCUT2D eigenvalue weighted by Gasteiger charge is 2.17. The minimum absolute atomic E-state index is 0.146. The van der Waals surface area contributed by atoms with Gasteiger partial charge in [-0.05, 0) is 60.7 Å². The Hall–Kier alpha value is -2.63. The van der Waals surface area contributed by atoms with Crippen molar-refractivity contribution in [1.82, 2.24) is 0 Å². The number of carbonyl (C=O) groups excluding carboxylic acids is 1. The zero-order valence-corrected chi connectivity index (χ0v) is 14.6. The molecule has 0 saturated heterocycles. The van der Waals surface area contributed by atoms with Crippen molar-refractivity contribution in [3.05, 3.63) is 89.4 Å². The standard InChI is InChI=1S/C19H14ClNO3S/c20-15-6-10-17(11-7-15)25(23,24)18-12-8-16(9-13-18)21-19(22)14-4-2-1-3-5-14/h1-13H,(H,21,22). The van der Waals surface area contributed by atoms with Gasteiger partial charge in [-0.3, -0.25) is 4.79 Å². The molecule has 126 valence electrons. The highest BCUT2D eigenvalue weighted by molar-refractivity contribution is 7.91. The lowest BCUT2D eigenvalue weighted by molar-refractivity contribution is 0.102. The smallest absolute Gasteiger partial charge is 0.255 e. The number of anilines is 1. The lowest BCUT2D eigenvalue weighted by atomic mass is 10.2. The third kappa shape index (κ3) is 3.90. The van der Waals surface area contributed by atoms with Crippen molar-refractivity contribution in [2.75, 3.05) is 5.32 Å². The first kappa shape index (κ1) is 17.2. The minimum atomic E-state index is -3.62. The third-order valence-corrected chi connectivity index (χ3v) is 5.62. The van der Waals surface area contributed by atoms with Crippen LogP contribution in [-0.4, -0.2) is 14.3 Å². The summed E-state index contributed by atoms with van der Waals surface area (Å²) in [6, 6.07) is 20.8. The van der Waals surface area contributed by atoms with Crippen LogP contribution >= 0.6 is 11.6 Å². The SMILES string of the molecule is O=C(Nc1ccc(S(=O)(=O)c2ccc(Cl)cc2)cc1)c1ccccc1. The van der Waals surface area contributed by atoms with Crippen LogP contribution in [0.25, 0.3) is 0 Å². The molecule has 4 nitrogen and oxygen atoms in total. The maximum atomic E-state index is 12.6. The molecule has 0 aliphatic rings. The molecule has 0 atom stereocenters. The predicted octanol–water partition coefficient (Wildman–Crippen LogP) is 4.43. The van der Waals surface area contributed by atoms with Gasteiger partial charge in [-0.2, -0.15) is 0 Å². The number of hydrogen-bond acceptors (Lipinski definition) is 3. The van der Waals surface area contributed by atoms with E-state index in [-0.39, 0.29) is 15.7 Å². The van der Waals surface area contributed by atoms with Crippen LogP contribution in [-0.2, 0) is 9.84 Å². The number of carbonyl (C=O) groups is 1. The van der Waals surface area contributed by atoms with Gasteiger partial charge in [-0.25, -0.2) is 8.42 Å². The van der Waals surface area contributed by atoms with Crippen LogP contribution in [0.15, 0.2) is 88.7 Å². The molecule has 0 aliphatic carbocycles. The molecule has 0 spiro atoms. The summed E-state index contributed by atoms with van der Waals surface area (Å²) in [4.78, 5) is 12.4. The van der Waals surface area contributed by atoms with Gasteiger partial charge in [0.25, 0.3) is 5.91 Å². The maximum Gasteiger partial charge on any atom is 0.255 e. The molecule has 6 heteroatoms. The van der Waals surface area contributed by atoms with Gasteiger partial charge in [-0.15, -0.1) is 0 Å². The van der Waals surface area contributed by atoms with Crippen LogP contribution in [0.2, 0.25) is 5.02 Å². The van der Waals surface area contributed by atoms with Crippen molar-refractivity contribution in [2.45, 2.75) is 9.79 Å². The zero-order valence-electron chi connectivity index (χ0n) is 13.0. The van der Waals surface area contributed by atoms with Crippen molar-refractivity contribution in [2.24, 2.45) is 0 Å². The van der Waals surface area contributed by atoms with Gasteiger partial charge >= 0.3 is 0 Å². The van der Waals surface area contributed by atoms with Crippen LogP contribution in [0, 0.1) is 0 Å². The molecular weight excluding hydrogens is 358 g/mol. The van der Waals surface area contributed by atoms with E-state index in [1.54, 1.807) is 36.4 Å². The van der Waals surface area contributed by atoms with Gasteiger partial charge < -0.3 is 5.32 Å². The summed E-state index contributed by atoms with van der Waals surface area (Å²) >= 11 is 5.79. The molecule has 0 bridgehead atoms. The Bertz CT molecular complexity index is 983. The van der Waals surface area contributed by atoms with Crippen LogP contribution in [0.1, 0.15) is 10.4 Å². The van der Waals surface area contributed by atoms with Crippen LogP contribution in [0.5, 0.6) is 0 Å². The van der Waals surface area contributed by atoms with Crippen molar-refractivity contribution in [3.63, 3.8) is 0 Å². The topological polar surface area (TPSA) is 63.2 Å². The van der Waals surface area contributed by atoms with E-state index >= 15 is 0 Å². The number of hydrogen-bond donors (Lipinski definition) is 1. The van der Waals surface area contributed by atoms with Crippen molar-refractivity contribution < 1.29 is 13.2 Å². The fourth-order valence-corrected chi connectivity index (χ4v) is 3.65. The maximum absolute atomic E-state index is 12.6. The van der Waals surface area contributed by atoms with E-state index in [9.17, 15) is 13.2 Å². The number of benzene rings is 3. The Balaban J connectivity index is 1.80. The second-order valence-electron chi connectivity index (χ2n) is 5.30. The number of amides is 1. The lowest BCUT2D eigenvalue weighted by Gasteiger charge is -2.08. The summed E-state index contributed by atoms with van der Waals surface area (Å²) in [6.45, 7) is 0. The highest BCUT2D eigenvalue weighted by Crippen LogP contribution is 2.23. The van der Waals surface area contributed by atoms with E-state index in [0.717, 1.165) is 0 Å². The second-order valence-corrected chi connectivity index (χ2v) is 7.69. The Kier molecular flexibility index (Phi) is 4.88. The minimum Gasteiger partial charge on any atom is -0.322 e. The average molecular weight is 372 g/mol. The van der Waals surface area contributed by atoms with Crippen molar-refractivity contribution in [1.29, 1.82) is 0 Å². The van der Waals surface area contributed by atoms with E-state index < -0.39 is 9.84 Å². The normalized spacial score (nSPS) is 11.1. The highest BCUT2D eigenvalue weighted by atomic mass is 35.5. The molecule has 0 heterocycles. The van der Waals surface area contributed by atoms with E-state index in [4.69, 9.17) is 11.6 Å². The van der Waals surface area contributed by atoms with Gasteiger partial charge in [0.1, 0.15) is 0 Å². The molecule has 3 rings (SSSR count). The van der Waals surface area contributed by atoms with Crippen LogP contribution < -0.4 is 5.32 Å². The van der Waals surface area contributed by atoms with E-state index in [0.29, 0.717) is 16.3 Å². The fraction of sp³-hybridized carbons (Fsp3) is 0. The van der Waals surface area contributed by atoms with E-state index in [1.807, 2.05) is 6.07 Å². The van der Waals surface area contributed by atoms with Gasteiger partial charge in [0.2, 0.25) is 9.84 Å². The third-order valence-electron chi connectivity index (χ3n) is 3.58. The monoisotopic (exact) mass is 371 g/mol. The fourth-order valence-electron chi connectivity index (χ4n) is 2.26. The Morgan fingerprint density at radius 3 is 1.84 bits per heavy atom. The number of sulfone groups is 1. The van der Waals surface area contributed by atoms with Gasteiger partial charge in [-0.1, -0.05) is 29.8 Å². The first-order valence-corrected chi connectivity index (χ1v) is 9.30. The second kappa shape index (κ2) is 7.09. The molecule has 0 radical (unpaired) electrons. The number of rotatable bonds is 4. The summed E-state index contributed by atoms with van der Waals surface area (Å²) in [6.07, 6.45) is 0. The molecule has 0 fully saturated rings. The van der Waals surface area contributed by atoms with Crippen molar-refractivity contribution >= 4 is 33.0 Å². The molecule has 25 heavy (non-hydrogen) atoms. The molecule has 0 aliphatic heterocycles. The van der Waals surface area contributed by atoms with Crippen molar-refractivity contribution in [3.8, 4) is 0 Å². The first-order chi connectivity index (χ1) is 12.0. The van der Waals surface area contributed by atoms with Gasteiger partial charge in [0.15, 0.2) is 0 Å². The number of nitrogens with one attached hydrogen (secondary N) is 1. The first-order valence-electron chi connectivity index (χ1n) is 7.44. The van der Waals surface area contributed by atoms with Crippen LogP contribution in [0.3, 0.4) is 0 Å². The van der Waals surface area contributed by atoms with E-state index in [2.05, 4.69) is 5.32 Å². The summed E-state index contributed by atoms with van der Waals surface area (Å²) < 4.78 is 25.1. The van der Waals surface area contributed by atoms with Gasteiger partial charge in [0.05, 0.1) is 9.79 Å². The largest absolute Gasteiger partial charge is 0.322 e. The molecule has 3 aromatic carbocycles. The molecule has 0 aromatic heterocycles. The quantitative estimate of drug-likeness (QED) is 0.738. The zero-order chi connectivity index (χ0) is 17.9. The average Bonchev–Trinajstić information content (AvgIpc) is 2.63. The van der Waals surface area contributed by atoms with E-state index in [1.165, 1.54) is 36.4 Å². The molecule has 1 amide bonds. The lowest BCUT2D eigenvalue weighted by Crippen LogP contribution is -2.11.